The topological polar surface area (TPSA) is 9.23 Å². The van der Waals surface area contributed by atoms with E-state index < -0.39 is 0 Å². The van der Waals surface area contributed by atoms with Crippen LogP contribution in [0.3, 0.4) is 0 Å². The Morgan fingerprint density at radius 1 is 0.303 bits per heavy atom. The van der Waals surface area contributed by atoms with E-state index in [-0.39, 0.29) is 0 Å². The molecule has 5 fully saturated rings. The molecule has 712 valence electrons. The van der Waals surface area contributed by atoms with Gasteiger partial charge in [0.15, 0.2) is 0 Å². The average molecular weight is 1690 g/mol. The molecule has 0 aromatic heterocycles. The van der Waals surface area contributed by atoms with Crippen LogP contribution in [0.15, 0.2) is 121 Å². The smallest absolute Gasteiger partial charge is 0.119 e. The summed E-state index contributed by atoms with van der Waals surface area (Å²) in [6.45, 7) is 101. The molecule has 122 heavy (non-hydrogen) atoms. The van der Waals surface area contributed by atoms with Crippen molar-refractivity contribution in [2.75, 3.05) is 6.61 Å². The molecule has 1 nitrogen and oxygen atoms in total. The summed E-state index contributed by atoms with van der Waals surface area (Å²) in [6, 6.07) is 42.0. The Morgan fingerprint density at radius 3 is 0.951 bits per heavy atom. The second-order valence-electron chi connectivity index (χ2n) is 53.0. The maximum atomic E-state index is 5.58. The first-order valence-corrected chi connectivity index (χ1v) is 51.6. The molecule has 4 aromatic carbocycles. The van der Waals surface area contributed by atoms with Crippen molar-refractivity contribution in [2.45, 2.75) is 484 Å². The van der Waals surface area contributed by atoms with Gasteiger partial charge < -0.3 is 4.74 Å². The fraction of sp³-hybridized carbons (Fsp3) is 0.802. The lowest BCUT2D eigenvalue weighted by Gasteiger charge is -2.44. The number of aryl methyl sites for hydroxylation is 2. The molecule has 0 heterocycles. The molecule has 5 unspecified atom stereocenters. The second kappa shape index (κ2) is 59.1. The van der Waals surface area contributed by atoms with Crippen LogP contribution in [-0.2, 0) is 19.3 Å². The zero-order valence-electron chi connectivity index (χ0n) is 91.2. The minimum Gasteiger partial charge on any atom is -0.494 e. The summed E-state index contributed by atoms with van der Waals surface area (Å²) >= 11 is 0. The molecule has 5 aliphatic carbocycles. The third-order valence-electron chi connectivity index (χ3n) is 27.1. The number of hydrogen-bond donors (Lipinski definition) is 0. The Kier molecular flexibility index (Phi) is 58.5. The van der Waals surface area contributed by atoms with E-state index in [9.17, 15) is 0 Å². The van der Waals surface area contributed by atoms with Crippen LogP contribution in [0.1, 0.15) is 481 Å². The monoisotopic (exact) mass is 1690 g/mol. The third kappa shape index (κ3) is 66.1. The molecule has 0 N–H and O–H groups in total. The molecule has 4 aromatic rings. The van der Waals surface area contributed by atoms with Crippen LogP contribution in [0.25, 0.3) is 0 Å². The van der Waals surface area contributed by atoms with Crippen molar-refractivity contribution in [2.24, 2.45) is 136 Å². The molecule has 7 atom stereocenters. The highest BCUT2D eigenvalue weighted by Crippen LogP contribution is 2.48. The van der Waals surface area contributed by atoms with Gasteiger partial charge in [0.25, 0.3) is 0 Å². The zero-order chi connectivity index (χ0) is 94.4. The van der Waals surface area contributed by atoms with Gasteiger partial charge in [-0.2, -0.15) is 0 Å². The summed E-state index contributed by atoms with van der Waals surface area (Å²) < 4.78 is 5.58. The molecular weight excluding hydrogens is 1470 g/mol. The minimum absolute atomic E-state index is 0.356. The number of hydrogen-bond acceptors (Lipinski definition) is 1. The lowest BCUT2D eigenvalue weighted by molar-refractivity contribution is 0.0538. The number of ether oxygens (including phenoxy) is 1. The summed E-state index contributed by atoms with van der Waals surface area (Å²) in [4.78, 5) is 0. The maximum absolute atomic E-state index is 5.58. The number of rotatable bonds is 14. The Morgan fingerprint density at radius 2 is 0.631 bits per heavy atom. The zero-order valence-corrected chi connectivity index (χ0v) is 91.2. The largest absolute Gasteiger partial charge is 0.494 e. The quantitative estimate of drug-likeness (QED) is 0.122. The van der Waals surface area contributed by atoms with Gasteiger partial charge >= 0.3 is 0 Å². The van der Waals surface area contributed by atoms with Crippen molar-refractivity contribution in [3.63, 3.8) is 0 Å². The van der Waals surface area contributed by atoms with Crippen LogP contribution in [0.5, 0.6) is 5.75 Å². The standard InChI is InChI=1S/2C14H28.C13H20.C13H28.C12H18O.C12H18.C11H22.C11H16.C10H20.C9H18.C2H6/c1-13(2,3)11-7-9-12(10-8-11)14(4,5)6;1-10(2)12-8-7-11(3)9-13(12)14(4,5)6;1-13(2,3)11-7-10-12-8-5-4-6-9-12;1-11(10-13(5,6)7)8-9-12(2,3)4;1-12(2,3)9-10-13-11-7-5-4-6-8-11;1-12(2,3)10-9-11-7-5-4-6-8-11;1-8(2)11-6-5-9(3)7-10(11)4;1-11(2,3)9-10-7-5-4-6-8-10;1-10(2,3)9-7-5-4-6-8-9;1-9(2,3)8-6-4-5-7-8;1-2/h11-12H,7-10H2,1-6H3;10-13H,7-9H2,1-6H3;4-6,8-9H,7,10-11H2,1-3H3;11H,8-10H2,1-7H3;4-8H,9-10H2,1-3H3;4-8H,9-10H2,1-3H3;8-11H,5-7H2,1-4H3;4-8H,9H2,1-3H3;9H,4-8H2,1-3H3;8H,4-7H2,1-3H3;1-2H3/t;;;;;;9-,10-,11?;;;;/m......1..../s1. The lowest BCUT2D eigenvalue weighted by atomic mass is 9.61. The molecule has 0 radical (unpaired) electrons. The van der Waals surface area contributed by atoms with Crippen LogP contribution in [-0.4, -0.2) is 6.61 Å². The molecule has 9 rings (SSSR count). The van der Waals surface area contributed by atoms with Gasteiger partial charge in [-0.1, -0.05) is 458 Å². The highest BCUT2D eigenvalue weighted by atomic mass is 16.5. The highest BCUT2D eigenvalue weighted by molar-refractivity contribution is 5.21. The van der Waals surface area contributed by atoms with Gasteiger partial charge in [0.05, 0.1) is 6.61 Å². The maximum Gasteiger partial charge on any atom is 0.119 e. The van der Waals surface area contributed by atoms with Crippen LogP contribution in [0.2, 0.25) is 0 Å². The van der Waals surface area contributed by atoms with E-state index >= 15 is 0 Å². The van der Waals surface area contributed by atoms with E-state index in [0.717, 1.165) is 102 Å². The SMILES string of the molecule is CC.CC(C)(C)C1CCC(C(C)(C)C)CC1.CC(C)(C)C1CCCC1.CC(C)(C)C1CCCCC1.CC(C)(C)CCCc1ccccc1.CC(C)(C)CCOc1ccccc1.CC(C)(C)CCc1ccccc1.CC(C)(C)Cc1ccccc1.CC(C)C1CC[C@@H](C)C[C@H]1C.CC(CCC(C)(C)C)CC(C)(C)C.CC1CCC(C(C)C)C(C(C)(C)C)C1. The van der Waals surface area contributed by atoms with E-state index in [4.69, 9.17) is 4.74 Å². The molecule has 0 bridgehead atoms. The normalized spacial score (nSPS) is 21.0. The predicted octanol–water partition coefficient (Wildman–Crippen LogP) is 40.6. The Balaban J connectivity index is 0. The summed E-state index contributed by atoms with van der Waals surface area (Å²) in [5, 5.41) is 0. The molecule has 5 aliphatic rings. The van der Waals surface area contributed by atoms with Gasteiger partial charge in [-0.15, -0.1) is 0 Å². The van der Waals surface area contributed by atoms with Crippen LogP contribution in [0.4, 0.5) is 0 Å². The first kappa shape index (κ1) is 121. The molecular formula is C121H222O. The lowest BCUT2D eigenvalue weighted by Crippen LogP contribution is -2.36. The van der Waals surface area contributed by atoms with Crippen molar-refractivity contribution in [1.29, 1.82) is 0 Å². The van der Waals surface area contributed by atoms with Gasteiger partial charge in [0.2, 0.25) is 0 Å². The Bertz CT molecular complexity index is 2950. The predicted molar refractivity (Wildman–Crippen MR) is 559 cm³/mol. The van der Waals surface area contributed by atoms with E-state index in [1.807, 2.05) is 44.2 Å². The van der Waals surface area contributed by atoms with Gasteiger partial charge in [-0.25, -0.2) is 0 Å². The molecule has 5 saturated carbocycles. The van der Waals surface area contributed by atoms with E-state index in [2.05, 4.69) is 375 Å². The number of para-hydroxylation sites is 1. The summed E-state index contributed by atoms with van der Waals surface area (Å²) in [7, 11) is 0. The van der Waals surface area contributed by atoms with Crippen molar-refractivity contribution in [3.05, 3.63) is 138 Å². The molecule has 0 saturated heterocycles. The fourth-order valence-electron chi connectivity index (χ4n) is 19.1. The Labute approximate surface area is 770 Å². The second-order valence-corrected chi connectivity index (χ2v) is 53.0. The van der Waals surface area contributed by atoms with Gasteiger partial charge in [-0.3, -0.25) is 0 Å². The van der Waals surface area contributed by atoms with Crippen LogP contribution < -0.4 is 4.74 Å². The van der Waals surface area contributed by atoms with Crippen molar-refractivity contribution in [1.82, 2.24) is 0 Å². The van der Waals surface area contributed by atoms with E-state index in [0.29, 0.717) is 59.6 Å². The van der Waals surface area contributed by atoms with Crippen LogP contribution >= 0.6 is 0 Å². The van der Waals surface area contributed by atoms with Crippen molar-refractivity contribution in [3.8, 4) is 5.75 Å². The molecule has 0 amide bonds. The summed E-state index contributed by atoms with van der Waals surface area (Å²) in [5.41, 5.74) is 9.76. The van der Waals surface area contributed by atoms with E-state index in [1.165, 1.54) is 190 Å². The summed E-state index contributed by atoms with van der Waals surface area (Å²) in [5.74, 6) is 13.4. The molecule has 0 spiro atoms. The minimum atomic E-state index is 0.356. The van der Waals surface area contributed by atoms with Gasteiger partial charge in [0.1, 0.15) is 5.75 Å². The van der Waals surface area contributed by atoms with Gasteiger partial charge in [0, 0.05) is 0 Å². The average Bonchev–Trinajstić information content (AvgIpc) is 0.884. The van der Waals surface area contributed by atoms with Gasteiger partial charge in [-0.05, 0) is 300 Å². The highest BCUT2D eigenvalue weighted by Gasteiger charge is 2.38. The van der Waals surface area contributed by atoms with Crippen molar-refractivity contribution >= 4 is 0 Å². The fourth-order valence-corrected chi connectivity index (χ4v) is 19.1. The van der Waals surface area contributed by atoms with Crippen LogP contribution in [0, 0.1) is 136 Å². The Hall–Kier alpha value is -3.32. The summed E-state index contributed by atoms with van der Waals surface area (Å²) in [6.07, 6.45) is 40.4. The first-order valence-electron chi connectivity index (χ1n) is 51.6. The van der Waals surface area contributed by atoms with Crippen molar-refractivity contribution < 1.29 is 4.74 Å². The molecule has 1 heteroatoms. The van der Waals surface area contributed by atoms with E-state index in [1.54, 1.807) is 0 Å². The number of benzene rings is 4. The molecule has 0 aliphatic heterocycles. The third-order valence-corrected chi connectivity index (χ3v) is 27.1. The first-order chi connectivity index (χ1) is 55.8.